The first kappa shape index (κ1) is 36.6. The number of likely N-dealkylation sites (tertiary alicyclic amines) is 1. The van der Waals surface area contributed by atoms with Gasteiger partial charge in [-0.25, -0.2) is 8.78 Å². The van der Waals surface area contributed by atoms with Gasteiger partial charge >= 0.3 is 6.36 Å². The molecule has 4 aromatic carbocycles. The molecule has 0 spiro atoms. The topological polar surface area (TPSA) is 69.3 Å². The number of rotatable bonds is 12. The molecule has 2 fully saturated rings. The Bertz CT molecular complexity index is 2120. The number of benzene rings is 4. The Balaban J connectivity index is 0.909. The molecule has 4 aromatic rings. The molecule has 3 aliphatic heterocycles. The maximum atomic E-state index is 13.9. The minimum absolute atomic E-state index is 0.0586. The summed E-state index contributed by atoms with van der Waals surface area (Å²) in [6.45, 7) is 3.41. The van der Waals surface area contributed by atoms with E-state index in [9.17, 15) is 26.7 Å². The Hall–Kier alpha value is -5.36. The number of halogens is 5. The second-order valence-corrected chi connectivity index (χ2v) is 14.3. The largest absolute Gasteiger partial charge is 0.573 e. The van der Waals surface area contributed by atoms with E-state index in [0.29, 0.717) is 84.1 Å². The van der Waals surface area contributed by atoms with Gasteiger partial charge in [0.25, 0.3) is 5.91 Å². The van der Waals surface area contributed by atoms with E-state index in [1.165, 1.54) is 42.5 Å². The number of carbonyl (C=O) groups excluding carboxylic acids is 1. The molecular formula is C43H39F5N2O5. The standard InChI is InChI=1S/C43H39F5N2O5/c44-31-7-3-26(4-8-31)40-30(24-53-38-14-12-34(21-35(38)40)55-43(46,47)48)22-49-16-15-28-19-29(28)23-52-33-11-13-39-36(20-33)41(27-5-9-32(45)10-6-27)37(25-54-39)42(51)50-17-1-2-18-50/h3-14,20-21,28-29,49H,1-2,15-19,22-25H2. The summed E-state index contributed by atoms with van der Waals surface area (Å²) >= 11 is 0. The summed E-state index contributed by atoms with van der Waals surface area (Å²) in [6, 6.07) is 21.6. The van der Waals surface area contributed by atoms with Crippen LogP contribution in [0.15, 0.2) is 96.1 Å². The molecule has 1 saturated heterocycles. The average molecular weight is 759 g/mol. The molecule has 0 radical (unpaired) electrons. The first-order valence-corrected chi connectivity index (χ1v) is 18.5. The predicted molar refractivity (Wildman–Crippen MR) is 196 cm³/mol. The molecule has 8 rings (SSSR count). The van der Waals surface area contributed by atoms with Crippen LogP contribution in [0, 0.1) is 23.5 Å². The third-order valence-corrected chi connectivity index (χ3v) is 10.6. The highest BCUT2D eigenvalue weighted by Gasteiger charge is 2.37. The molecule has 286 valence electrons. The lowest BCUT2D eigenvalue weighted by Crippen LogP contribution is -2.33. The molecule has 0 bridgehead atoms. The number of nitrogens with zero attached hydrogens (tertiary/aromatic N) is 1. The number of fused-ring (bicyclic) bond motifs is 2. The Labute approximate surface area is 315 Å². The molecule has 1 N–H and O–H groups in total. The van der Waals surface area contributed by atoms with Gasteiger partial charge in [-0.3, -0.25) is 4.79 Å². The highest BCUT2D eigenvalue weighted by molar-refractivity contribution is 6.06. The van der Waals surface area contributed by atoms with Gasteiger partial charge in [0.15, 0.2) is 0 Å². The first-order chi connectivity index (χ1) is 26.6. The molecular weight excluding hydrogens is 719 g/mol. The SMILES string of the molecule is O=C(C1=C(c2ccc(F)cc2)c2cc(OCC3CC3CCNCC3=C(c4ccc(F)cc4)c4cc(OC(F)(F)F)ccc4OC3)ccc2OC1)N1CCCC1. The van der Waals surface area contributed by atoms with E-state index in [1.807, 2.05) is 23.1 Å². The number of ether oxygens (including phenoxy) is 4. The van der Waals surface area contributed by atoms with Crippen molar-refractivity contribution in [1.82, 2.24) is 10.2 Å². The van der Waals surface area contributed by atoms with Gasteiger partial charge in [0.05, 0.1) is 12.2 Å². The molecule has 12 heteroatoms. The van der Waals surface area contributed by atoms with Gasteiger partial charge in [-0.15, -0.1) is 13.2 Å². The van der Waals surface area contributed by atoms with Gasteiger partial charge in [-0.2, -0.15) is 0 Å². The van der Waals surface area contributed by atoms with Crippen LogP contribution in [0.25, 0.3) is 11.1 Å². The van der Waals surface area contributed by atoms with Gasteiger partial charge < -0.3 is 29.2 Å². The van der Waals surface area contributed by atoms with Crippen molar-refractivity contribution in [3.8, 4) is 23.0 Å². The molecule has 1 amide bonds. The van der Waals surface area contributed by atoms with Crippen LogP contribution < -0.4 is 24.3 Å². The summed E-state index contributed by atoms with van der Waals surface area (Å²) in [5.74, 6) is 1.33. The molecule has 4 aliphatic rings. The zero-order valence-corrected chi connectivity index (χ0v) is 29.9. The van der Waals surface area contributed by atoms with Gasteiger partial charge in [0, 0.05) is 36.3 Å². The fourth-order valence-electron chi connectivity index (χ4n) is 7.70. The van der Waals surface area contributed by atoms with E-state index in [4.69, 9.17) is 14.2 Å². The number of amides is 1. The lowest BCUT2D eigenvalue weighted by molar-refractivity contribution is -0.274. The fraction of sp³-hybridized carbons (Fsp3) is 0.326. The molecule has 7 nitrogen and oxygen atoms in total. The van der Waals surface area contributed by atoms with Crippen LogP contribution in [0.1, 0.15) is 47.9 Å². The molecule has 1 saturated carbocycles. The lowest BCUT2D eigenvalue weighted by atomic mass is 9.90. The number of alkyl halides is 3. The van der Waals surface area contributed by atoms with Crippen molar-refractivity contribution in [2.24, 2.45) is 11.8 Å². The summed E-state index contributed by atoms with van der Waals surface area (Å²) < 4.78 is 89.3. The third kappa shape index (κ3) is 8.34. The monoisotopic (exact) mass is 758 g/mol. The van der Waals surface area contributed by atoms with Crippen molar-refractivity contribution < 1.29 is 45.7 Å². The number of hydrogen-bond donors (Lipinski definition) is 1. The Morgan fingerprint density at radius 1 is 0.764 bits per heavy atom. The number of hydrogen-bond acceptors (Lipinski definition) is 6. The third-order valence-electron chi connectivity index (χ3n) is 10.6. The van der Waals surface area contributed by atoms with Crippen LogP contribution in [-0.2, 0) is 4.79 Å². The summed E-state index contributed by atoms with van der Waals surface area (Å²) in [5, 5.41) is 3.47. The van der Waals surface area contributed by atoms with Crippen molar-refractivity contribution in [1.29, 1.82) is 0 Å². The van der Waals surface area contributed by atoms with Crippen LogP contribution >= 0.6 is 0 Å². The maximum absolute atomic E-state index is 13.9. The van der Waals surface area contributed by atoms with E-state index in [1.54, 1.807) is 24.3 Å². The molecule has 0 aromatic heterocycles. The Kier molecular flexibility index (Phi) is 10.3. The molecule has 55 heavy (non-hydrogen) atoms. The van der Waals surface area contributed by atoms with Crippen LogP contribution in [0.5, 0.6) is 23.0 Å². The van der Waals surface area contributed by atoms with Crippen LogP contribution in [0.2, 0.25) is 0 Å². The molecule has 1 aliphatic carbocycles. The molecule has 2 unspecified atom stereocenters. The normalized spacial score (nSPS) is 19.0. The van der Waals surface area contributed by atoms with E-state index >= 15 is 0 Å². The minimum Gasteiger partial charge on any atom is -0.493 e. The van der Waals surface area contributed by atoms with Gasteiger partial charge in [0.1, 0.15) is 47.8 Å². The molecule has 3 heterocycles. The maximum Gasteiger partial charge on any atom is 0.573 e. The van der Waals surface area contributed by atoms with Gasteiger partial charge in [0.2, 0.25) is 0 Å². The van der Waals surface area contributed by atoms with E-state index in [2.05, 4.69) is 10.1 Å². The second kappa shape index (κ2) is 15.4. The van der Waals surface area contributed by atoms with E-state index < -0.39 is 12.2 Å². The van der Waals surface area contributed by atoms with Gasteiger partial charge in [-0.05, 0) is 127 Å². The summed E-state index contributed by atoms with van der Waals surface area (Å²) in [5.41, 5.74) is 5.38. The Morgan fingerprint density at radius 3 is 2.04 bits per heavy atom. The highest BCUT2D eigenvalue weighted by Crippen LogP contribution is 2.44. The summed E-state index contributed by atoms with van der Waals surface area (Å²) in [7, 11) is 0. The number of nitrogens with one attached hydrogen (secondary N) is 1. The van der Waals surface area contributed by atoms with Crippen LogP contribution in [0.4, 0.5) is 22.0 Å². The van der Waals surface area contributed by atoms with E-state index in [0.717, 1.165) is 48.0 Å². The molecule has 2 atom stereocenters. The Morgan fingerprint density at radius 2 is 1.36 bits per heavy atom. The lowest BCUT2D eigenvalue weighted by Gasteiger charge is -2.27. The van der Waals surface area contributed by atoms with Crippen molar-refractivity contribution in [3.63, 3.8) is 0 Å². The van der Waals surface area contributed by atoms with Crippen LogP contribution in [-0.4, -0.2) is 63.2 Å². The quantitative estimate of drug-likeness (QED) is 0.115. The van der Waals surface area contributed by atoms with Crippen molar-refractivity contribution in [2.75, 3.05) is 46.0 Å². The zero-order valence-electron chi connectivity index (χ0n) is 29.9. The minimum atomic E-state index is -4.85. The summed E-state index contributed by atoms with van der Waals surface area (Å²) in [6.07, 6.45) is -1.02. The predicted octanol–water partition coefficient (Wildman–Crippen LogP) is 8.57. The summed E-state index contributed by atoms with van der Waals surface area (Å²) in [4.78, 5) is 15.5. The van der Waals surface area contributed by atoms with Crippen LogP contribution in [0.3, 0.4) is 0 Å². The first-order valence-electron chi connectivity index (χ1n) is 18.5. The smallest absolute Gasteiger partial charge is 0.493 e. The van der Waals surface area contributed by atoms with Gasteiger partial charge in [-0.1, -0.05) is 24.3 Å². The highest BCUT2D eigenvalue weighted by atomic mass is 19.4. The van der Waals surface area contributed by atoms with Crippen molar-refractivity contribution in [3.05, 3.63) is 130 Å². The zero-order chi connectivity index (χ0) is 38.1. The average Bonchev–Trinajstić information content (AvgIpc) is 3.69. The van der Waals surface area contributed by atoms with Crippen molar-refractivity contribution >= 4 is 17.1 Å². The van der Waals surface area contributed by atoms with Crippen molar-refractivity contribution in [2.45, 2.75) is 32.0 Å². The van der Waals surface area contributed by atoms with E-state index in [-0.39, 0.29) is 30.7 Å². The number of carbonyl (C=O) groups is 1. The fourth-order valence-corrected chi connectivity index (χ4v) is 7.70. The second-order valence-electron chi connectivity index (χ2n) is 14.3.